The summed E-state index contributed by atoms with van der Waals surface area (Å²) in [5.74, 6) is 1.21. The van der Waals surface area contributed by atoms with Crippen LogP contribution in [0.5, 0.6) is 0 Å². The van der Waals surface area contributed by atoms with Gasteiger partial charge >= 0.3 is 0 Å². The van der Waals surface area contributed by atoms with Gasteiger partial charge in [0.05, 0.1) is 12.8 Å². The molecule has 7 nitrogen and oxygen atoms in total. The maximum atomic E-state index is 12.0. The number of carbonyl (C=O) groups is 1. The van der Waals surface area contributed by atoms with Crippen LogP contribution in [-0.4, -0.2) is 44.6 Å². The average molecular weight is 386 g/mol. The number of amides is 1. The predicted octanol–water partition coefficient (Wildman–Crippen LogP) is 2.29. The van der Waals surface area contributed by atoms with Crippen LogP contribution in [0.4, 0.5) is 5.69 Å². The quantitative estimate of drug-likeness (QED) is 0.432. The standard InChI is InChI=1S/C21H31N5O2/c1-4-22-21(25-16-20(27)24-15-19-10-7-13-28-19)23-11-12-26(5-2)18-9-6-8-17(3)14-18/h6-10,13-14H,4-5,11-12,15-16H2,1-3H3,(H,24,27)(H2,22,23,25). The lowest BCUT2D eigenvalue weighted by atomic mass is 10.2. The van der Waals surface area contributed by atoms with E-state index in [1.807, 2.05) is 13.0 Å². The van der Waals surface area contributed by atoms with Gasteiger partial charge in [0.1, 0.15) is 12.3 Å². The highest BCUT2D eigenvalue weighted by Crippen LogP contribution is 2.14. The van der Waals surface area contributed by atoms with Crippen LogP contribution in [0.1, 0.15) is 25.2 Å². The van der Waals surface area contributed by atoms with Crippen LogP contribution in [-0.2, 0) is 11.3 Å². The number of anilines is 1. The summed E-state index contributed by atoms with van der Waals surface area (Å²) < 4.78 is 5.20. The molecule has 1 amide bonds. The Kier molecular flexibility index (Phi) is 8.91. The van der Waals surface area contributed by atoms with E-state index >= 15 is 0 Å². The van der Waals surface area contributed by atoms with Crippen molar-refractivity contribution in [2.75, 3.05) is 37.6 Å². The predicted molar refractivity (Wildman–Crippen MR) is 114 cm³/mol. The first-order valence-electron chi connectivity index (χ1n) is 9.75. The van der Waals surface area contributed by atoms with E-state index in [2.05, 4.69) is 64.0 Å². The van der Waals surface area contributed by atoms with Crippen molar-refractivity contribution in [2.24, 2.45) is 4.99 Å². The second-order valence-electron chi connectivity index (χ2n) is 6.40. The smallest absolute Gasteiger partial charge is 0.242 e. The first-order chi connectivity index (χ1) is 13.6. The Morgan fingerprint density at radius 1 is 1.14 bits per heavy atom. The highest BCUT2D eigenvalue weighted by molar-refractivity contribution is 5.84. The minimum Gasteiger partial charge on any atom is -0.467 e. The number of rotatable bonds is 10. The molecule has 0 bridgehead atoms. The van der Waals surface area contributed by atoms with Gasteiger partial charge in [0, 0.05) is 31.9 Å². The summed E-state index contributed by atoms with van der Waals surface area (Å²) in [7, 11) is 0. The topological polar surface area (TPSA) is 81.9 Å². The second-order valence-corrected chi connectivity index (χ2v) is 6.40. The molecule has 0 spiro atoms. The van der Waals surface area contributed by atoms with Crippen molar-refractivity contribution in [3.63, 3.8) is 0 Å². The van der Waals surface area contributed by atoms with Crippen molar-refractivity contribution in [2.45, 2.75) is 27.3 Å². The van der Waals surface area contributed by atoms with Crippen LogP contribution in [0.15, 0.2) is 52.1 Å². The largest absolute Gasteiger partial charge is 0.467 e. The number of furan rings is 1. The summed E-state index contributed by atoms with van der Waals surface area (Å²) in [5, 5.41) is 9.25. The number of aryl methyl sites for hydroxylation is 1. The Labute approximate surface area is 167 Å². The zero-order chi connectivity index (χ0) is 20.2. The molecule has 0 radical (unpaired) electrons. The Morgan fingerprint density at radius 3 is 2.68 bits per heavy atom. The summed E-state index contributed by atoms with van der Waals surface area (Å²) in [6.45, 7) is 9.89. The van der Waals surface area contributed by atoms with Gasteiger partial charge in [-0.15, -0.1) is 0 Å². The number of aliphatic imine (C=N–C) groups is 1. The SMILES string of the molecule is CCNC(=NCC(=O)NCc1ccco1)NCCN(CC)c1cccc(C)c1. The first-order valence-corrected chi connectivity index (χ1v) is 9.75. The molecule has 1 aromatic heterocycles. The lowest BCUT2D eigenvalue weighted by molar-refractivity contribution is -0.119. The fourth-order valence-electron chi connectivity index (χ4n) is 2.75. The summed E-state index contributed by atoms with van der Waals surface area (Å²) in [6.07, 6.45) is 1.59. The molecule has 152 valence electrons. The van der Waals surface area contributed by atoms with Crippen LogP contribution in [0.3, 0.4) is 0 Å². The summed E-state index contributed by atoms with van der Waals surface area (Å²) >= 11 is 0. The first kappa shape index (κ1) is 21.3. The van der Waals surface area contributed by atoms with Gasteiger partial charge in [0.15, 0.2) is 5.96 Å². The molecular weight excluding hydrogens is 354 g/mol. The molecule has 7 heteroatoms. The van der Waals surface area contributed by atoms with Crippen molar-refractivity contribution in [1.82, 2.24) is 16.0 Å². The number of hydrogen-bond acceptors (Lipinski definition) is 4. The molecule has 0 saturated heterocycles. The molecule has 1 heterocycles. The summed E-state index contributed by atoms with van der Waals surface area (Å²) in [6, 6.07) is 12.1. The van der Waals surface area contributed by atoms with E-state index < -0.39 is 0 Å². The third-order valence-corrected chi connectivity index (χ3v) is 4.19. The Bertz CT molecular complexity index is 743. The van der Waals surface area contributed by atoms with Crippen LogP contribution in [0.25, 0.3) is 0 Å². The molecule has 2 rings (SSSR count). The van der Waals surface area contributed by atoms with Crippen molar-refractivity contribution in [3.8, 4) is 0 Å². The molecule has 0 fully saturated rings. The molecule has 28 heavy (non-hydrogen) atoms. The van der Waals surface area contributed by atoms with E-state index in [1.165, 1.54) is 11.3 Å². The molecule has 1 aromatic carbocycles. The van der Waals surface area contributed by atoms with Crippen LogP contribution < -0.4 is 20.9 Å². The van der Waals surface area contributed by atoms with Crippen molar-refractivity contribution in [3.05, 3.63) is 54.0 Å². The van der Waals surface area contributed by atoms with Crippen molar-refractivity contribution < 1.29 is 9.21 Å². The molecule has 0 aliphatic rings. The van der Waals surface area contributed by atoms with E-state index in [0.717, 1.165) is 31.9 Å². The number of nitrogens with zero attached hydrogens (tertiary/aromatic N) is 2. The van der Waals surface area contributed by atoms with Crippen LogP contribution >= 0.6 is 0 Å². The molecule has 3 N–H and O–H groups in total. The summed E-state index contributed by atoms with van der Waals surface area (Å²) in [4.78, 5) is 18.6. The van der Waals surface area contributed by atoms with Gasteiger partial charge in [-0.1, -0.05) is 12.1 Å². The molecule has 0 atom stereocenters. The average Bonchev–Trinajstić information content (AvgIpc) is 3.21. The van der Waals surface area contributed by atoms with Crippen molar-refractivity contribution >= 4 is 17.6 Å². The van der Waals surface area contributed by atoms with Gasteiger partial charge in [-0.2, -0.15) is 0 Å². The monoisotopic (exact) mass is 385 g/mol. The fourth-order valence-corrected chi connectivity index (χ4v) is 2.75. The lowest BCUT2D eigenvalue weighted by Gasteiger charge is -2.24. The van der Waals surface area contributed by atoms with Gasteiger partial charge in [-0.05, 0) is 50.6 Å². The van der Waals surface area contributed by atoms with Gasteiger partial charge in [-0.25, -0.2) is 4.99 Å². The van der Waals surface area contributed by atoms with E-state index in [1.54, 1.807) is 12.3 Å². The normalized spacial score (nSPS) is 11.2. The molecule has 2 aromatic rings. The van der Waals surface area contributed by atoms with Gasteiger partial charge < -0.3 is 25.3 Å². The van der Waals surface area contributed by atoms with Crippen LogP contribution in [0.2, 0.25) is 0 Å². The van der Waals surface area contributed by atoms with Gasteiger partial charge in [-0.3, -0.25) is 4.79 Å². The fraction of sp³-hybridized carbons (Fsp3) is 0.429. The Morgan fingerprint density at radius 2 is 2.00 bits per heavy atom. The number of hydrogen-bond donors (Lipinski definition) is 3. The maximum Gasteiger partial charge on any atom is 0.242 e. The Balaban J connectivity index is 1.80. The van der Waals surface area contributed by atoms with E-state index in [0.29, 0.717) is 12.5 Å². The minimum atomic E-state index is -0.149. The number of nitrogens with one attached hydrogen (secondary N) is 3. The van der Waals surface area contributed by atoms with Crippen LogP contribution in [0, 0.1) is 6.92 Å². The molecule has 0 saturated carbocycles. The molecule has 0 aliphatic heterocycles. The van der Waals surface area contributed by atoms with Gasteiger partial charge in [0.2, 0.25) is 5.91 Å². The number of carbonyl (C=O) groups excluding carboxylic acids is 1. The van der Waals surface area contributed by atoms with Crippen molar-refractivity contribution in [1.29, 1.82) is 0 Å². The van der Waals surface area contributed by atoms with E-state index in [-0.39, 0.29) is 12.5 Å². The summed E-state index contributed by atoms with van der Waals surface area (Å²) in [5.41, 5.74) is 2.46. The number of guanidine groups is 1. The minimum absolute atomic E-state index is 0.0609. The number of likely N-dealkylation sites (N-methyl/N-ethyl adjacent to an activating group) is 1. The van der Waals surface area contributed by atoms with E-state index in [4.69, 9.17) is 4.42 Å². The zero-order valence-electron chi connectivity index (χ0n) is 17.0. The maximum absolute atomic E-state index is 12.0. The lowest BCUT2D eigenvalue weighted by Crippen LogP contribution is -2.42. The molecule has 0 aliphatic carbocycles. The Hall–Kier alpha value is -2.96. The molecular formula is C21H31N5O2. The zero-order valence-corrected chi connectivity index (χ0v) is 17.0. The third-order valence-electron chi connectivity index (χ3n) is 4.19. The highest BCUT2D eigenvalue weighted by atomic mass is 16.3. The van der Waals surface area contributed by atoms with Gasteiger partial charge in [0.25, 0.3) is 0 Å². The molecule has 0 unspecified atom stereocenters. The number of benzene rings is 1. The highest BCUT2D eigenvalue weighted by Gasteiger charge is 2.06. The second kappa shape index (κ2) is 11.7. The van der Waals surface area contributed by atoms with E-state index in [9.17, 15) is 4.79 Å². The third kappa shape index (κ3) is 7.34.